The summed E-state index contributed by atoms with van der Waals surface area (Å²) in [5.74, 6) is 0.738. The zero-order valence-electron chi connectivity index (χ0n) is 16.8. The number of methoxy groups -OCH3 is 1. The van der Waals surface area contributed by atoms with E-state index in [9.17, 15) is 9.90 Å². The second-order valence-electron chi connectivity index (χ2n) is 7.68. The number of carbonyl (C=O) groups excluding carboxylic acids is 1. The highest BCUT2D eigenvalue weighted by molar-refractivity contribution is 6.01. The smallest absolute Gasteiger partial charge is 0.322 e. The minimum absolute atomic E-state index is 0.183. The standard InChI is InChI=1S/C24H26N2O3/c1-24(28,18-12-14-19(29-2)15-13-18)22-11-6-16-26(22)23(27)25-21-10-5-8-17-7-3-4-9-20(17)21/h3-5,7-10,12-15,22,28H,6,11,16H2,1-2H3,(H,25,27)/t22-,24-/m1/s1. The number of hydrogen-bond donors (Lipinski definition) is 2. The van der Waals surface area contributed by atoms with E-state index in [1.54, 1.807) is 18.9 Å². The molecular formula is C24H26N2O3. The lowest BCUT2D eigenvalue weighted by Crippen LogP contribution is -2.49. The number of ether oxygens (including phenoxy) is 1. The van der Waals surface area contributed by atoms with Gasteiger partial charge in [-0.3, -0.25) is 0 Å². The van der Waals surface area contributed by atoms with Crippen molar-refractivity contribution < 1.29 is 14.6 Å². The lowest BCUT2D eigenvalue weighted by molar-refractivity contribution is -0.00943. The summed E-state index contributed by atoms with van der Waals surface area (Å²) in [4.78, 5) is 14.9. The molecule has 3 aromatic carbocycles. The number of likely N-dealkylation sites (tertiary alicyclic amines) is 1. The fraction of sp³-hybridized carbons (Fsp3) is 0.292. The van der Waals surface area contributed by atoms with E-state index < -0.39 is 5.60 Å². The predicted molar refractivity (Wildman–Crippen MR) is 115 cm³/mol. The first kappa shape index (κ1) is 19.3. The summed E-state index contributed by atoms with van der Waals surface area (Å²) < 4.78 is 5.21. The maximum absolute atomic E-state index is 13.1. The third kappa shape index (κ3) is 3.66. The van der Waals surface area contributed by atoms with Crippen LogP contribution in [0.4, 0.5) is 10.5 Å². The van der Waals surface area contributed by atoms with Gasteiger partial charge >= 0.3 is 6.03 Å². The van der Waals surface area contributed by atoms with E-state index in [1.165, 1.54) is 0 Å². The molecule has 4 rings (SSSR count). The van der Waals surface area contributed by atoms with Crippen molar-refractivity contribution in [2.45, 2.75) is 31.4 Å². The number of benzene rings is 3. The van der Waals surface area contributed by atoms with E-state index in [0.29, 0.717) is 6.54 Å². The Balaban J connectivity index is 1.57. The average Bonchev–Trinajstić information content (AvgIpc) is 3.25. The Labute approximate surface area is 170 Å². The summed E-state index contributed by atoms with van der Waals surface area (Å²) in [6.45, 7) is 2.40. The Hall–Kier alpha value is -3.05. The van der Waals surface area contributed by atoms with Gasteiger partial charge in [0.2, 0.25) is 0 Å². The molecule has 150 valence electrons. The van der Waals surface area contributed by atoms with Gasteiger partial charge in [0.15, 0.2) is 0 Å². The van der Waals surface area contributed by atoms with E-state index >= 15 is 0 Å². The first-order chi connectivity index (χ1) is 14.0. The van der Waals surface area contributed by atoms with Crippen LogP contribution in [0.3, 0.4) is 0 Å². The molecule has 5 heteroatoms. The second-order valence-corrected chi connectivity index (χ2v) is 7.68. The number of fused-ring (bicyclic) bond motifs is 1. The third-order valence-electron chi connectivity index (χ3n) is 5.87. The van der Waals surface area contributed by atoms with Crippen molar-refractivity contribution >= 4 is 22.5 Å². The van der Waals surface area contributed by atoms with E-state index in [4.69, 9.17) is 4.74 Å². The van der Waals surface area contributed by atoms with Gasteiger partial charge in [-0.2, -0.15) is 0 Å². The fourth-order valence-electron chi connectivity index (χ4n) is 4.24. The number of carbonyl (C=O) groups is 1. The highest BCUT2D eigenvalue weighted by Gasteiger charge is 2.42. The van der Waals surface area contributed by atoms with Crippen molar-refractivity contribution in [2.75, 3.05) is 19.0 Å². The SMILES string of the molecule is COc1ccc([C@@](C)(O)[C@H]2CCCN2C(=O)Nc2cccc3ccccc23)cc1. The zero-order valence-corrected chi connectivity index (χ0v) is 16.8. The van der Waals surface area contributed by atoms with Crippen LogP contribution in [0, 0.1) is 0 Å². The second kappa shape index (κ2) is 7.76. The molecule has 1 heterocycles. The summed E-state index contributed by atoms with van der Waals surface area (Å²) in [5, 5.41) is 16.5. The maximum Gasteiger partial charge on any atom is 0.322 e. The maximum atomic E-state index is 13.1. The number of rotatable bonds is 4. The Morgan fingerprint density at radius 1 is 1.10 bits per heavy atom. The molecule has 0 aliphatic carbocycles. The van der Waals surface area contributed by atoms with Crippen molar-refractivity contribution in [3.8, 4) is 5.75 Å². The quantitative estimate of drug-likeness (QED) is 0.676. The minimum Gasteiger partial charge on any atom is -0.497 e. The Kier molecular flexibility index (Phi) is 5.16. The molecule has 2 atom stereocenters. The van der Waals surface area contributed by atoms with Gasteiger partial charge in [-0.05, 0) is 48.9 Å². The van der Waals surface area contributed by atoms with Gasteiger partial charge in [-0.25, -0.2) is 4.79 Å². The Bertz CT molecular complexity index is 1010. The molecule has 5 nitrogen and oxygen atoms in total. The highest BCUT2D eigenvalue weighted by Crippen LogP contribution is 2.36. The van der Waals surface area contributed by atoms with Gasteiger partial charge in [0.1, 0.15) is 11.4 Å². The van der Waals surface area contributed by atoms with Crippen LogP contribution in [0.5, 0.6) is 5.75 Å². The average molecular weight is 390 g/mol. The number of nitrogens with zero attached hydrogens (tertiary/aromatic N) is 1. The molecule has 29 heavy (non-hydrogen) atoms. The molecule has 1 aliphatic heterocycles. The highest BCUT2D eigenvalue weighted by atomic mass is 16.5. The zero-order chi connectivity index (χ0) is 20.4. The monoisotopic (exact) mass is 390 g/mol. The molecule has 0 unspecified atom stereocenters. The Morgan fingerprint density at radius 2 is 1.83 bits per heavy atom. The van der Waals surface area contributed by atoms with Gasteiger partial charge in [0, 0.05) is 11.9 Å². The summed E-state index contributed by atoms with van der Waals surface area (Å²) in [5.41, 5.74) is 0.398. The number of aliphatic hydroxyl groups is 1. The summed E-state index contributed by atoms with van der Waals surface area (Å²) >= 11 is 0. The normalized spacial score (nSPS) is 18.4. The minimum atomic E-state index is -1.15. The molecular weight excluding hydrogens is 364 g/mol. The van der Waals surface area contributed by atoms with Gasteiger partial charge < -0.3 is 20.1 Å². The van der Waals surface area contributed by atoms with E-state index in [2.05, 4.69) is 5.32 Å². The van der Waals surface area contributed by atoms with Crippen LogP contribution >= 0.6 is 0 Å². The largest absolute Gasteiger partial charge is 0.497 e. The van der Waals surface area contributed by atoms with Crippen LogP contribution in [0.2, 0.25) is 0 Å². The van der Waals surface area contributed by atoms with Crippen molar-refractivity contribution in [3.63, 3.8) is 0 Å². The third-order valence-corrected chi connectivity index (χ3v) is 5.87. The van der Waals surface area contributed by atoms with Crippen LogP contribution in [-0.4, -0.2) is 35.7 Å². The molecule has 2 N–H and O–H groups in total. The topological polar surface area (TPSA) is 61.8 Å². The van der Waals surface area contributed by atoms with Crippen LogP contribution in [0.15, 0.2) is 66.7 Å². The van der Waals surface area contributed by atoms with Crippen molar-refractivity contribution in [1.82, 2.24) is 4.90 Å². The molecule has 0 aromatic heterocycles. The molecule has 0 radical (unpaired) electrons. The lowest BCUT2D eigenvalue weighted by atomic mass is 9.86. The van der Waals surface area contributed by atoms with E-state index in [-0.39, 0.29) is 12.1 Å². The van der Waals surface area contributed by atoms with Crippen molar-refractivity contribution in [1.29, 1.82) is 0 Å². The number of amides is 2. The Morgan fingerprint density at radius 3 is 2.59 bits per heavy atom. The first-order valence-electron chi connectivity index (χ1n) is 9.93. The molecule has 1 aliphatic rings. The van der Waals surface area contributed by atoms with Crippen LogP contribution in [0.25, 0.3) is 10.8 Å². The van der Waals surface area contributed by atoms with E-state index in [1.807, 2.05) is 66.7 Å². The fourth-order valence-corrected chi connectivity index (χ4v) is 4.24. The molecule has 0 spiro atoms. The van der Waals surface area contributed by atoms with Crippen LogP contribution < -0.4 is 10.1 Å². The molecule has 3 aromatic rings. The summed E-state index contributed by atoms with van der Waals surface area (Å²) in [6, 6.07) is 20.7. The van der Waals surface area contributed by atoms with Gasteiger partial charge in [-0.15, -0.1) is 0 Å². The molecule has 2 amide bonds. The van der Waals surface area contributed by atoms with Crippen molar-refractivity contribution in [3.05, 3.63) is 72.3 Å². The summed E-state index contributed by atoms with van der Waals surface area (Å²) in [7, 11) is 1.61. The predicted octanol–water partition coefficient (Wildman–Crippen LogP) is 4.75. The number of hydrogen-bond acceptors (Lipinski definition) is 3. The molecule has 0 bridgehead atoms. The molecule has 1 saturated heterocycles. The van der Waals surface area contributed by atoms with Gasteiger partial charge in [-0.1, -0.05) is 48.5 Å². The molecule has 1 fully saturated rings. The van der Waals surface area contributed by atoms with Gasteiger partial charge in [0.05, 0.1) is 18.8 Å². The van der Waals surface area contributed by atoms with Crippen LogP contribution in [-0.2, 0) is 5.60 Å². The van der Waals surface area contributed by atoms with Crippen LogP contribution in [0.1, 0.15) is 25.3 Å². The lowest BCUT2D eigenvalue weighted by Gasteiger charge is -2.37. The molecule has 0 saturated carbocycles. The summed E-state index contributed by atoms with van der Waals surface area (Å²) in [6.07, 6.45) is 1.61. The van der Waals surface area contributed by atoms with Crippen molar-refractivity contribution in [2.24, 2.45) is 0 Å². The van der Waals surface area contributed by atoms with Gasteiger partial charge in [0.25, 0.3) is 0 Å². The van der Waals surface area contributed by atoms with E-state index in [0.717, 1.165) is 40.6 Å². The number of nitrogens with one attached hydrogen (secondary N) is 1. The number of urea groups is 1. The number of anilines is 1. The first-order valence-corrected chi connectivity index (χ1v) is 9.93.